The standard InChI is InChI=1S/C11H19N3O3S/c1-11(8-17-11)9(15)6-12-10(16)7-13-14-2-4-18-5-3-14/h13H,2-8H2,1H3,(H,12,16)/t11-/m1/s1. The first-order valence-corrected chi connectivity index (χ1v) is 7.26. The van der Waals surface area contributed by atoms with Crippen LogP contribution in [0.4, 0.5) is 0 Å². The number of nitrogens with zero attached hydrogens (tertiary/aromatic N) is 1. The smallest absolute Gasteiger partial charge is 0.235 e. The van der Waals surface area contributed by atoms with Gasteiger partial charge in [-0.05, 0) is 6.92 Å². The van der Waals surface area contributed by atoms with E-state index >= 15 is 0 Å². The number of thioether (sulfide) groups is 1. The Bertz CT molecular complexity index is 327. The molecule has 2 rings (SSSR count). The van der Waals surface area contributed by atoms with E-state index in [0.717, 1.165) is 24.6 Å². The predicted octanol–water partition coefficient (Wildman–Crippen LogP) is -0.986. The summed E-state index contributed by atoms with van der Waals surface area (Å²) in [6.45, 7) is 4.37. The average Bonchev–Trinajstić information content (AvgIpc) is 3.14. The van der Waals surface area contributed by atoms with Gasteiger partial charge in [-0.1, -0.05) is 0 Å². The number of rotatable bonds is 6. The lowest BCUT2D eigenvalue weighted by Gasteiger charge is -2.26. The van der Waals surface area contributed by atoms with E-state index in [9.17, 15) is 9.59 Å². The van der Waals surface area contributed by atoms with E-state index in [1.165, 1.54) is 0 Å². The molecule has 2 heterocycles. The predicted molar refractivity (Wildman–Crippen MR) is 69.3 cm³/mol. The highest BCUT2D eigenvalue weighted by Gasteiger charge is 2.46. The van der Waals surface area contributed by atoms with Crippen LogP contribution in [0.15, 0.2) is 0 Å². The second-order valence-electron chi connectivity index (χ2n) is 4.65. The third kappa shape index (κ3) is 3.94. The Kier molecular flexibility index (Phi) is 4.60. The van der Waals surface area contributed by atoms with Gasteiger partial charge in [0.15, 0.2) is 5.78 Å². The van der Waals surface area contributed by atoms with E-state index in [4.69, 9.17) is 4.74 Å². The van der Waals surface area contributed by atoms with Crippen molar-refractivity contribution >= 4 is 23.5 Å². The molecule has 7 heteroatoms. The van der Waals surface area contributed by atoms with Gasteiger partial charge in [0.05, 0.1) is 19.7 Å². The number of epoxide rings is 1. The van der Waals surface area contributed by atoms with Gasteiger partial charge in [-0.3, -0.25) is 9.59 Å². The van der Waals surface area contributed by atoms with Gasteiger partial charge in [0.1, 0.15) is 5.60 Å². The van der Waals surface area contributed by atoms with Crippen LogP contribution >= 0.6 is 11.8 Å². The summed E-state index contributed by atoms with van der Waals surface area (Å²) in [4.78, 5) is 23.1. The summed E-state index contributed by atoms with van der Waals surface area (Å²) < 4.78 is 5.02. The number of hydrazine groups is 1. The van der Waals surface area contributed by atoms with Gasteiger partial charge in [-0.25, -0.2) is 10.4 Å². The van der Waals surface area contributed by atoms with E-state index < -0.39 is 5.60 Å². The van der Waals surface area contributed by atoms with Gasteiger partial charge >= 0.3 is 0 Å². The van der Waals surface area contributed by atoms with Crippen molar-refractivity contribution in [3.05, 3.63) is 0 Å². The van der Waals surface area contributed by atoms with E-state index in [-0.39, 0.29) is 24.8 Å². The number of nitrogens with one attached hydrogen (secondary N) is 2. The number of amides is 1. The SMILES string of the molecule is C[C@]1(C(=O)CNC(=O)CNN2CCSCC2)CO1. The number of hydrogen-bond donors (Lipinski definition) is 2. The average molecular weight is 273 g/mol. The van der Waals surface area contributed by atoms with Crippen molar-refractivity contribution in [2.45, 2.75) is 12.5 Å². The molecule has 0 bridgehead atoms. The lowest BCUT2D eigenvalue weighted by Crippen LogP contribution is -2.48. The molecule has 0 aromatic heterocycles. The van der Waals surface area contributed by atoms with Gasteiger partial charge in [0, 0.05) is 24.6 Å². The molecule has 2 aliphatic rings. The van der Waals surface area contributed by atoms with Crippen LogP contribution in [0.2, 0.25) is 0 Å². The minimum absolute atomic E-state index is 0.0485. The molecule has 0 saturated carbocycles. The second-order valence-corrected chi connectivity index (χ2v) is 5.88. The van der Waals surface area contributed by atoms with Crippen molar-refractivity contribution in [2.24, 2.45) is 0 Å². The van der Waals surface area contributed by atoms with Crippen LogP contribution in [0, 0.1) is 0 Å². The fourth-order valence-corrected chi connectivity index (χ4v) is 2.51. The number of carbonyl (C=O) groups is 2. The van der Waals surface area contributed by atoms with Gasteiger partial charge in [-0.2, -0.15) is 11.8 Å². The summed E-state index contributed by atoms with van der Waals surface area (Å²) in [5, 5.41) is 4.65. The van der Waals surface area contributed by atoms with Gasteiger partial charge in [0.2, 0.25) is 5.91 Å². The molecule has 18 heavy (non-hydrogen) atoms. The zero-order valence-electron chi connectivity index (χ0n) is 10.5. The van der Waals surface area contributed by atoms with Gasteiger partial charge < -0.3 is 10.1 Å². The molecule has 1 amide bonds. The first kappa shape index (κ1) is 13.8. The number of ether oxygens (including phenoxy) is 1. The topological polar surface area (TPSA) is 74.0 Å². The summed E-state index contributed by atoms with van der Waals surface area (Å²) in [5.74, 6) is 1.95. The molecular formula is C11H19N3O3S. The number of ketones is 1. The fourth-order valence-electron chi connectivity index (χ4n) is 1.60. The van der Waals surface area contributed by atoms with Crippen molar-refractivity contribution < 1.29 is 14.3 Å². The van der Waals surface area contributed by atoms with Gasteiger partial charge in [0.25, 0.3) is 0 Å². The van der Waals surface area contributed by atoms with Crippen molar-refractivity contribution in [3.63, 3.8) is 0 Å². The minimum atomic E-state index is -0.648. The van der Waals surface area contributed by atoms with E-state index in [0.29, 0.717) is 6.61 Å². The molecule has 6 nitrogen and oxygen atoms in total. The second kappa shape index (κ2) is 6.01. The molecule has 2 N–H and O–H groups in total. The van der Waals surface area contributed by atoms with Crippen LogP contribution in [0.5, 0.6) is 0 Å². The molecule has 0 aliphatic carbocycles. The maximum absolute atomic E-state index is 11.6. The molecule has 2 fully saturated rings. The first-order valence-electron chi connectivity index (χ1n) is 6.10. The third-order valence-electron chi connectivity index (χ3n) is 3.09. The molecule has 2 aliphatic heterocycles. The summed E-state index contributed by atoms with van der Waals surface area (Å²) in [6, 6.07) is 0. The van der Waals surface area contributed by atoms with E-state index in [2.05, 4.69) is 10.7 Å². The summed E-state index contributed by atoms with van der Waals surface area (Å²) in [7, 11) is 0. The maximum atomic E-state index is 11.6. The molecule has 2 saturated heterocycles. The van der Waals surface area contributed by atoms with Crippen LogP contribution in [-0.2, 0) is 14.3 Å². The van der Waals surface area contributed by atoms with E-state index in [1.807, 2.05) is 16.8 Å². The van der Waals surface area contributed by atoms with E-state index in [1.54, 1.807) is 6.92 Å². The summed E-state index contributed by atoms with van der Waals surface area (Å²) in [5.41, 5.74) is 2.42. The van der Waals surface area contributed by atoms with Crippen molar-refractivity contribution in [2.75, 3.05) is 44.3 Å². The Morgan fingerprint density at radius 3 is 2.61 bits per heavy atom. The molecule has 0 radical (unpaired) electrons. The van der Waals surface area contributed by atoms with Crippen molar-refractivity contribution in [3.8, 4) is 0 Å². The number of hydrogen-bond acceptors (Lipinski definition) is 6. The monoisotopic (exact) mass is 273 g/mol. The van der Waals surface area contributed by atoms with Crippen LogP contribution < -0.4 is 10.7 Å². The molecule has 0 spiro atoms. The Hall–Kier alpha value is -0.630. The Morgan fingerprint density at radius 2 is 2.00 bits per heavy atom. The summed E-state index contributed by atoms with van der Waals surface area (Å²) >= 11 is 1.92. The Labute approximate surface area is 111 Å². The molecular weight excluding hydrogens is 254 g/mol. The number of Topliss-reactive ketones (excluding diaryl/α,β-unsaturated/α-hetero) is 1. The molecule has 102 valence electrons. The fraction of sp³-hybridized carbons (Fsp3) is 0.818. The molecule has 0 unspecified atom stereocenters. The normalized spacial score (nSPS) is 27.8. The third-order valence-corrected chi connectivity index (χ3v) is 4.03. The van der Waals surface area contributed by atoms with Crippen LogP contribution in [-0.4, -0.2) is 66.6 Å². The number of carbonyl (C=O) groups excluding carboxylic acids is 2. The largest absolute Gasteiger partial charge is 0.362 e. The minimum Gasteiger partial charge on any atom is -0.362 e. The van der Waals surface area contributed by atoms with Crippen LogP contribution in [0.1, 0.15) is 6.92 Å². The quantitative estimate of drug-likeness (QED) is 0.606. The van der Waals surface area contributed by atoms with Crippen molar-refractivity contribution in [1.82, 2.24) is 15.8 Å². The first-order chi connectivity index (χ1) is 8.60. The Balaban J connectivity index is 1.58. The highest BCUT2D eigenvalue weighted by Crippen LogP contribution is 2.26. The van der Waals surface area contributed by atoms with Crippen molar-refractivity contribution in [1.29, 1.82) is 0 Å². The van der Waals surface area contributed by atoms with Gasteiger partial charge in [-0.15, -0.1) is 0 Å². The lowest BCUT2D eigenvalue weighted by atomic mass is 10.1. The molecule has 0 aromatic carbocycles. The maximum Gasteiger partial charge on any atom is 0.235 e. The highest BCUT2D eigenvalue weighted by molar-refractivity contribution is 7.99. The zero-order chi connectivity index (χ0) is 13.0. The molecule has 1 atom stereocenters. The van der Waals surface area contributed by atoms with Crippen LogP contribution in [0.25, 0.3) is 0 Å². The molecule has 0 aromatic rings. The lowest BCUT2D eigenvalue weighted by molar-refractivity contribution is -0.127. The highest BCUT2D eigenvalue weighted by atomic mass is 32.2. The zero-order valence-corrected chi connectivity index (χ0v) is 11.3. The van der Waals surface area contributed by atoms with Crippen LogP contribution in [0.3, 0.4) is 0 Å². The Morgan fingerprint density at radius 1 is 1.33 bits per heavy atom. The summed E-state index contributed by atoms with van der Waals surface area (Å²) in [6.07, 6.45) is 0.